The van der Waals surface area contributed by atoms with Crippen LogP contribution in [0, 0.1) is 38.2 Å². The number of benzene rings is 5. The number of rotatable bonds is 14. The number of aliphatic hydroxyl groups excluding tert-OH is 1. The fraction of sp³-hybridized carbons (Fsp3) is 0.483. The monoisotopic (exact) mass is 965 g/mol. The van der Waals surface area contributed by atoms with Crippen molar-refractivity contribution in [2.24, 2.45) is 0 Å². The van der Waals surface area contributed by atoms with Gasteiger partial charge in [0.25, 0.3) is 0 Å². The van der Waals surface area contributed by atoms with Crippen molar-refractivity contribution in [3.8, 4) is 11.5 Å². The normalized spacial score (nSPS) is 10.7. The third-order valence-electron chi connectivity index (χ3n) is 10.7. The van der Waals surface area contributed by atoms with Crippen LogP contribution < -0.4 is 9.47 Å². The number of unbranched alkanes of at least 4 members (excludes halogenated alkanes) is 1. The van der Waals surface area contributed by atoms with Crippen LogP contribution in [0.2, 0.25) is 0 Å². The third kappa shape index (κ3) is 26.1. The highest BCUT2D eigenvalue weighted by molar-refractivity contribution is 7.51. The van der Waals surface area contributed by atoms with Crippen LogP contribution in [-0.2, 0) is 18.0 Å². The molecule has 5 aromatic rings. The Balaban J connectivity index is 0.000000818. The summed E-state index contributed by atoms with van der Waals surface area (Å²) in [5, 5.41) is 18.0. The van der Waals surface area contributed by atoms with Gasteiger partial charge in [-0.05, 0) is 140 Å². The maximum Gasteiger partial charge on any atom is 0.335 e. The molecule has 0 aromatic heterocycles. The van der Waals surface area contributed by atoms with Crippen molar-refractivity contribution < 1.29 is 41.3 Å². The lowest BCUT2D eigenvalue weighted by Crippen LogP contribution is -2.27. The van der Waals surface area contributed by atoms with Gasteiger partial charge >= 0.3 is 11.6 Å². The van der Waals surface area contributed by atoms with Crippen LogP contribution in [0.25, 0.3) is 0 Å². The predicted molar refractivity (Wildman–Crippen MR) is 279 cm³/mol. The molecule has 0 aliphatic heterocycles. The minimum Gasteiger partial charge on any atom is -0.491 e. The molecule has 0 atom stereocenters. The fourth-order valence-corrected chi connectivity index (χ4v) is 6.39. The molecule has 0 amide bonds. The summed E-state index contributed by atoms with van der Waals surface area (Å²) in [6, 6.07) is 30.8. The Kier molecular flexibility index (Phi) is 31.3. The Hall–Kier alpha value is -4.77. The van der Waals surface area contributed by atoms with Gasteiger partial charge in [-0.3, -0.25) is 0 Å². The van der Waals surface area contributed by atoms with E-state index in [1.165, 1.54) is 59.2 Å². The molecule has 5 aromatic carbocycles. The zero-order valence-electron chi connectivity index (χ0n) is 43.9. The van der Waals surface area contributed by atoms with Crippen molar-refractivity contribution in [2.75, 3.05) is 19.8 Å². The van der Waals surface area contributed by atoms with E-state index >= 15 is 0 Å². The Morgan fingerprint density at radius 1 is 0.559 bits per heavy atom. The molecule has 0 heterocycles. The minimum absolute atomic E-state index is 0.0620. The Bertz CT molecular complexity index is 2170. The maximum absolute atomic E-state index is 13.6. The summed E-state index contributed by atoms with van der Waals surface area (Å²) >= 11 is -0.750. The van der Waals surface area contributed by atoms with Crippen molar-refractivity contribution in [3.63, 3.8) is 0 Å². The van der Waals surface area contributed by atoms with E-state index in [2.05, 4.69) is 104 Å². The van der Waals surface area contributed by atoms with Crippen LogP contribution in [0.3, 0.4) is 0 Å². The Labute approximate surface area is 412 Å². The summed E-state index contributed by atoms with van der Waals surface area (Å²) in [6.45, 7) is 32.6. The highest BCUT2D eigenvalue weighted by Gasteiger charge is 2.15. The molecular weight excluding hydrogens is 882 g/mol. The second-order valence-corrected chi connectivity index (χ2v) is 19.2. The van der Waals surface area contributed by atoms with E-state index in [1.54, 1.807) is 44.2 Å². The van der Waals surface area contributed by atoms with Crippen molar-refractivity contribution >= 4 is 11.6 Å². The number of halogens is 3. The average molecular weight is 965 g/mol. The number of aliphatic hydroxyl groups is 2. The van der Waals surface area contributed by atoms with Crippen molar-refractivity contribution in [3.05, 3.63) is 165 Å². The maximum atomic E-state index is 13.6. The van der Waals surface area contributed by atoms with Gasteiger partial charge in [-0.1, -0.05) is 155 Å². The molecule has 0 spiro atoms. The number of ether oxygens (including phenoxy) is 2. The van der Waals surface area contributed by atoms with Gasteiger partial charge in [0.05, 0.1) is 12.2 Å². The van der Waals surface area contributed by atoms with Crippen molar-refractivity contribution in [2.45, 2.75) is 165 Å². The lowest BCUT2D eigenvalue weighted by Gasteiger charge is -2.18. The van der Waals surface area contributed by atoms with Gasteiger partial charge in [0, 0.05) is 12.1 Å². The molecular formula is C58H83F3O6S. The second kappa shape index (κ2) is 33.7. The highest BCUT2D eigenvalue weighted by Crippen LogP contribution is 2.25. The van der Waals surface area contributed by atoms with Crippen LogP contribution in [-0.4, -0.2) is 44.1 Å². The summed E-state index contributed by atoms with van der Waals surface area (Å²) in [5.74, 6) is 2.40. The van der Waals surface area contributed by atoms with Gasteiger partial charge in [-0.15, -0.1) is 0 Å². The van der Waals surface area contributed by atoms with Crippen LogP contribution in [0.1, 0.15) is 183 Å². The van der Waals surface area contributed by atoms with Crippen molar-refractivity contribution in [1.29, 1.82) is 0 Å². The topological polar surface area (TPSA) is 93.1 Å². The molecule has 0 fully saturated rings. The van der Waals surface area contributed by atoms with Gasteiger partial charge in [0.1, 0.15) is 42.2 Å². The molecule has 378 valence electrons. The summed E-state index contributed by atoms with van der Waals surface area (Å²) in [7, 11) is 0. The van der Waals surface area contributed by atoms with E-state index in [9.17, 15) is 18.3 Å². The van der Waals surface area contributed by atoms with E-state index in [0.717, 1.165) is 11.1 Å². The first-order valence-electron chi connectivity index (χ1n) is 23.8. The van der Waals surface area contributed by atoms with Crippen LogP contribution >= 0.6 is 0 Å². The van der Waals surface area contributed by atoms with Gasteiger partial charge < -0.3 is 19.7 Å². The largest absolute Gasteiger partial charge is 0.491 e. The molecule has 5 rings (SSSR count). The molecule has 6 nitrogen and oxygen atoms in total. The molecule has 0 bridgehead atoms. The van der Waals surface area contributed by atoms with E-state index in [0.29, 0.717) is 40.4 Å². The van der Waals surface area contributed by atoms with Crippen LogP contribution in [0.4, 0.5) is 13.2 Å². The number of aryl methyl sites for hydroxylation is 2. The summed E-state index contributed by atoms with van der Waals surface area (Å²) in [5.41, 5.74) is 9.24. The Morgan fingerprint density at radius 3 is 1.34 bits per heavy atom. The predicted octanol–water partition coefficient (Wildman–Crippen LogP) is 15.6. The molecule has 0 aliphatic rings. The van der Waals surface area contributed by atoms with E-state index < -0.39 is 17.2 Å². The zero-order valence-corrected chi connectivity index (χ0v) is 44.8. The summed E-state index contributed by atoms with van der Waals surface area (Å²) in [6.07, 6.45) is 3.82. The molecule has 0 saturated carbocycles. The summed E-state index contributed by atoms with van der Waals surface area (Å²) < 4.78 is 66.9. The van der Waals surface area contributed by atoms with E-state index in [1.807, 2.05) is 47.6 Å². The molecule has 0 unspecified atom stereocenters. The van der Waals surface area contributed by atoms with Crippen molar-refractivity contribution in [1.82, 2.24) is 0 Å². The quantitative estimate of drug-likeness (QED) is 0.115. The molecule has 0 radical (unpaired) electrons. The van der Waals surface area contributed by atoms with Crippen LogP contribution in [0.5, 0.6) is 11.5 Å². The molecule has 2 N–H and O–H groups in total. The first-order valence-corrected chi connectivity index (χ1v) is 24.5. The standard InChI is InChI=1S/C13H19FO2.C13H20.C11H15FO2.C11H15F.C10H14.O2S/c1-9(2)11-6-5-10(7-12(11)14)16-8-13(3,4)15;1-4-5-6-12-7-9-13(10-8-12)11(2)3;1-8(2)10-4-3-9(7-11(10)12)14-6-5-13;1-7(2)10-5-6-11(12)9(4)8(10)3;1-8(2)10-6-4-9(3)5-7-10;1-3-2/h5-7,9,15H,8H2,1-4H3;7-11H,4-6H2,1-3H3;3-4,7-8,13H,5-6H2,1-2H3;5-7H,1-4H3;4-8H,1-3H3;. The first-order chi connectivity index (χ1) is 31.8. The zero-order chi connectivity index (χ0) is 52.1. The van der Waals surface area contributed by atoms with Gasteiger partial charge in [-0.25, -0.2) is 13.2 Å². The van der Waals surface area contributed by atoms with Gasteiger partial charge in [0.15, 0.2) is 0 Å². The lowest BCUT2D eigenvalue weighted by atomic mass is 9.95. The third-order valence-corrected chi connectivity index (χ3v) is 10.7. The molecule has 0 saturated heterocycles. The minimum atomic E-state index is -0.910. The first kappa shape index (κ1) is 63.2. The smallest absolute Gasteiger partial charge is 0.335 e. The van der Waals surface area contributed by atoms with E-state index in [4.69, 9.17) is 23.0 Å². The SMILES string of the molecule is CC(C)c1ccc(OCC(C)(C)O)cc1F.CC(C)c1ccc(OCCO)cc1F.CCCCc1ccc(C(C)C)cc1.Cc1c(F)ccc(C(C)C)c1C.Cc1ccc(C(C)C)cc1.O=S=O. The molecule has 0 aliphatic carbocycles. The fourth-order valence-electron chi connectivity index (χ4n) is 6.39. The summed E-state index contributed by atoms with van der Waals surface area (Å²) in [4.78, 5) is 0. The lowest BCUT2D eigenvalue weighted by molar-refractivity contribution is 0.0283. The van der Waals surface area contributed by atoms with Crippen LogP contribution in [0.15, 0.2) is 97.1 Å². The molecule has 10 heteroatoms. The highest BCUT2D eigenvalue weighted by atomic mass is 32.1. The molecule has 68 heavy (non-hydrogen) atoms. The number of hydrogen-bond acceptors (Lipinski definition) is 6. The number of hydrogen-bond donors (Lipinski definition) is 2. The van der Waals surface area contributed by atoms with Gasteiger partial charge in [-0.2, -0.15) is 8.42 Å². The Morgan fingerprint density at radius 2 is 0.971 bits per heavy atom. The average Bonchev–Trinajstić information content (AvgIpc) is 3.27. The van der Waals surface area contributed by atoms with E-state index in [-0.39, 0.29) is 49.1 Å². The van der Waals surface area contributed by atoms with Gasteiger partial charge in [0.2, 0.25) is 0 Å². The second-order valence-electron chi connectivity index (χ2n) is 19.0.